The highest BCUT2D eigenvalue weighted by Crippen LogP contribution is 2.19. The number of aryl methyl sites for hydroxylation is 3. The van der Waals surface area contributed by atoms with Gasteiger partial charge in [0.2, 0.25) is 0 Å². The third kappa shape index (κ3) is 2.76. The van der Waals surface area contributed by atoms with Crippen LogP contribution in [0.3, 0.4) is 0 Å². The highest BCUT2D eigenvalue weighted by Gasteiger charge is 2.14. The fourth-order valence-electron chi connectivity index (χ4n) is 2.28. The highest BCUT2D eigenvalue weighted by molar-refractivity contribution is 5.32. The average molecular weight is 260 g/mol. The van der Waals surface area contributed by atoms with Crippen molar-refractivity contribution in [2.45, 2.75) is 26.4 Å². The fraction of sp³-hybridized carbons (Fsp3) is 0.429. The maximum atomic E-state index is 11.8. The maximum absolute atomic E-state index is 11.8. The molecule has 1 heterocycles. The van der Waals surface area contributed by atoms with Crippen LogP contribution in [0.5, 0.6) is 0 Å². The summed E-state index contributed by atoms with van der Waals surface area (Å²) < 4.78 is 2.97. The van der Waals surface area contributed by atoms with Gasteiger partial charge in [0.15, 0.2) is 0 Å². The van der Waals surface area contributed by atoms with Crippen molar-refractivity contribution in [3.8, 4) is 0 Å². The smallest absolute Gasteiger partial charge is 0.311 e. The molecule has 2 aromatic rings. The van der Waals surface area contributed by atoms with Gasteiger partial charge in [-0.1, -0.05) is 23.8 Å². The van der Waals surface area contributed by atoms with Gasteiger partial charge in [-0.25, -0.2) is 9.48 Å². The molecule has 0 aliphatic carbocycles. The first kappa shape index (κ1) is 13.5. The predicted molar refractivity (Wildman–Crippen MR) is 75.2 cm³/mol. The van der Waals surface area contributed by atoms with Gasteiger partial charge < -0.3 is 5.32 Å². The van der Waals surface area contributed by atoms with Crippen LogP contribution >= 0.6 is 0 Å². The molecule has 0 spiro atoms. The van der Waals surface area contributed by atoms with Gasteiger partial charge in [-0.05, 0) is 32.0 Å². The number of rotatable bonds is 4. The summed E-state index contributed by atoms with van der Waals surface area (Å²) in [5, 5.41) is 7.36. The zero-order chi connectivity index (χ0) is 14.0. The second kappa shape index (κ2) is 5.40. The molecule has 0 aliphatic rings. The summed E-state index contributed by atoms with van der Waals surface area (Å²) in [7, 11) is 3.61. The summed E-state index contributed by atoms with van der Waals surface area (Å²) in [5.41, 5.74) is 3.57. The Balaban J connectivity index is 2.30. The molecule has 5 nitrogen and oxygen atoms in total. The Morgan fingerprint density at radius 2 is 2.11 bits per heavy atom. The van der Waals surface area contributed by atoms with E-state index in [2.05, 4.69) is 42.5 Å². The lowest BCUT2D eigenvalue weighted by atomic mass is 9.99. The van der Waals surface area contributed by atoms with E-state index in [1.165, 1.54) is 32.3 Å². The SMILES string of the molecule is CNC(Cn1ncn(C)c1=O)c1ccc(C)cc1C. The lowest BCUT2D eigenvalue weighted by Gasteiger charge is -2.18. The minimum atomic E-state index is -0.0926. The molecule has 102 valence electrons. The number of nitrogens with zero attached hydrogens (tertiary/aromatic N) is 3. The van der Waals surface area contributed by atoms with Crippen LogP contribution in [0.15, 0.2) is 29.3 Å². The largest absolute Gasteiger partial charge is 0.345 e. The number of aromatic nitrogens is 3. The Labute approximate surface area is 112 Å². The van der Waals surface area contributed by atoms with Crippen molar-refractivity contribution in [3.05, 3.63) is 51.7 Å². The van der Waals surface area contributed by atoms with Gasteiger partial charge in [-0.3, -0.25) is 4.57 Å². The van der Waals surface area contributed by atoms with Crippen LogP contribution in [-0.2, 0) is 13.6 Å². The van der Waals surface area contributed by atoms with E-state index in [1.807, 2.05) is 7.05 Å². The molecule has 1 aromatic carbocycles. The van der Waals surface area contributed by atoms with Gasteiger partial charge in [0.1, 0.15) is 6.33 Å². The molecule has 0 fully saturated rings. The van der Waals surface area contributed by atoms with Crippen molar-refractivity contribution in [1.82, 2.24) is 19.7 Å². The second-order valence-corrected chi connectivity index (χ2v) is 4.91. The molecule has 1 aromatic heterocycles. The number of benzene rings is 1. The van der Waals surface area contributed by atoms with Crippen molar-refractivity contribution >= 4 is 0 Å². The Morgan fingerprint density at radius 1 is 1.37 bits per heavy atom. The third-order valence-corrected chi connectivity index (χ3v) is 3.39. The molecular formula is C14H20N4O. The van der Waals surface area contributed by atoms with Gasteiger partial charge in [0.05, 0.1) is 12.6 Å². The monoisotopic (exact) mass is 260 g/mol. The van der Waals surface area contributed by atoms with Gasteiger partial charge >= 0.3 is 5.69 Å². The first-order chi connectivity index (χ1) is 9.02. The topological polar surface area (TPSA) is 51.9 Å². The Kier molecular flexibility index (Phi) is 3.85. The zero-order valence-corrected chi connectivity index (χ0v) is 11.8. The van der Waals surface area contributed by atoms with Crippen molar-refractivity contribution < 1.29 is 0 Å². The summed E-state index contributed by atoms with van der Waals surface area (Å²) in [5.74, 6) is 0. The number of hydrogen-bond donors (Lipinski definition) is 1. The van der Waals surface area contributed by atoms with E-state index in [1.54, 1.807) is 7.05 Å². The van der Waals surface area contributed by atoms with Crippen LogP contribution < -0.4 is 11.0 Å². The molecule has 0 radical (unpaired) electrons. The Morgan fingerprint density at radius 3 is 2.63 bits per heavy atom. The summed E-state index contributed by atoms with van der Waals surface area (Å²) in [6.07, 6.45) is 1.54. The number of nitrogens with one attached hydrogen (secondary N) is 1. The summed E-state index contributed by atoms with van der Waals surface area (Å²) in [6.45, 7) is 4.70. The lowest BCUT2D eigenvalue weighted by molar-refractivity contribution is 0.454. The van der Waals surface area contributed by atoms with Crippen molar-refractivity contribution in [2.75, 3.05) is 7.05 Å². The molecule has 0 saturated carbocycles. The molecule has 0 bridgehead atoms. The number of likely N-dealkylation sites (N-methyl/N-ethyl adjacent to an activating group) is 1. The van der Waals surface area contributed by atoms with Crippen molar-refractivity contribution in [3.63, 3.8) is 0 Å². The zero-order valence-electron chi connectivity index (χ0n) is 11.8. The first-order valence-corrected chi connectivity index (χ1v) is 6.35. The normalized spacial score (nSPS) is 12.6. The van der Waals surface area contributed by atoms with Gasteiger partial charge in [0.25, 0.3) is 0 Å². The van der Waals surface area contributed by atoms with Crippen LogP contribution in [0.2, 0.25) is 0 Å². The van der Waals surface area contributed by atoms with E-state index >= 15 is 0 Å². The summed E-state index contributed by atoms with van der Waals surface area (Å²) >= 11 is 0. The van der Waals surface area contributed by atoms with Crippen LogP contribution in [0.25, 0.3) is 0 Å². The maximum Gasteiger partial charge on any atom is 0.345 e. The van der Waals surface area contributed by atoms with E-state index in [-0.39, 0.29) is 11.7 Å². The van der Waals surface area contributed by atoms with Crippen molar-refractivity contribution in [2.24, 2.45) is 7.05 Å². The third-order valence-electron chi connectivity index (χ3n) is 3.39. The van der Waals surface area contributed by atoms with Crippen LogP contribution in [0, 0.1) is 13.8 Å². The van der Waals surface area contributed by atoms with E-state index < -0.39 is 0 Å². The average Bonchev–Trinajstić information content (AvgIpc) is 2.68. The minimum absolute atomic E-state index is 0.0770. The van der Waals surface area contributed by atoms with Crippen LogP contribution in [0.4, 0.5) is 0 Å². The van der Waals surface area contributed by atoms with Crippen LogP contribution in [-0.4, -0.2) is 21.4 Å². The molecule has 1 N–H and O–H groups in total. The van der Waals surface area contributed by atoms with E-state index in [9.17, 15) is 4.79 Å². The fourth-order valence-corrected chi connectivity index (χ4v) is 2.28. The molecule has 5 heteroatoms. The van der Waals surface area contributed by atoms with E-state index in [0.717, 1.165) is 0 Å². The molecule has 1 atom stereocenters. The predicted octanol–water partition coefficient (Wildman–Crippen LogP) is 1.16. The van der Waals surface area contributed by atoms with Gasteiger partial charge in [-0.15, -0.1) is 0 Å². The molecule has 0 aliphatic heterocycles. The summed E-state index contributed by atoms with van der Waals surface area (Å²) in [4.78, 5) is 11.8. The lowest BCUT2D eigenvalue weighted by Crippen LogP contribution is -2.30. The molecule has 1 unspecified atom stereocenters. The molecule has 2 rings (SSSR count). The molecule has 19 heavy (non-hydrogen) atoms. The van der Waals surface area contributed by atoms with Crippen molar-refractivity contribution in [1.29, 1.82) is 0 Å². The standard InChI is InChI=1S/C14H20N4O/c1-10-5-6-12(11(2)7-10)13(15-3)8-18-14(19)17(4)9-16-18/h5-7,9,13,15H,8H2,1-4H3. The van der Waals surface area contributed by atoms with Crippen LogP contribution in [0.1, 0.15) is 22.7 Å². The Bertz CT molecular complexity index is 627. The Hall–Kier alpha value is -1.88. The highest BCUT2D eigenvalue weighted by atomic mass is 16.2. The molecule has 0 amide bonds. The summed E-state index contributed by atoms with van der Waals surface area (Å²) in [6, 6.07) is 6.43. The minimum Gasteiger partial charge on any atom is -0.311 e. The first-order valence-electron chi connectivity index (χ1n) is 6.35. The quantitative estimate of drug-likeness (QED) is 0.897. The molecular weight excluding hydrogens is 240 g/mol. The van der Waals surface area contributed by atoms with E-state index in [4.69, 9.17) is 0 Å². The number of hydrogen-bond acceptors (Lipinski definition) is 3. The van der Waals surface area contributed by atoms with Gasteiger partial charge in [0, 0.05) is 7.05 Å². The second-order valence-electron chi connectivity index (χ2n) is 4.91. The van der Waals surface area contributed by atoms with E-state index in [0.29, 0.717) is 6.54 Å². The van der Waals surface area contributed by atoms with Gasteiger partial charge in [-0.2, -0.15) is 5.10 Å². The molecule has 0 saturated heterocycles.